The van der Waals surface area contributed by atoms with Gasteiger partial charge in [-0.2, -0.15) is 5.10 Å². The molecular formula is C18H15BrClN3O. The van der Waals surface area contributed by atoms with E-state index < -0.39 is 0 Å². The van der Waals surface area contributed by atoms with Crippen LogP contribution in [0.5, 0.6) is 0 Å². The Labute approximate surface area is 153 Å². The zero-order valence-corrected chi connectivity index (χ0v) is 15.1. The molecule has 24 heavy (non-hydrogen) atoms. The van der Waals surface area contributed by atoms with Gasteiger partial charge in [-0.1, -0.05) is 51.8 Å². The highest BCUT2D eigenvalue weighted by Crippen LogP contribution is 2.24. The lowest BCUT2D eigenvalue weighted by Gasteiger charge is -2.07. The van der Waals surface area contributed by atoms with Gasteiger partial charge in [-0.05, 0) is 36.2 Å². The minimum absolute atomic E-state index is 0.146. The molecule has 0 spiro atoms. The molecule has 0 fully saturated rings. The first-order valence-corrected chi connectivity index (χ1v) is 8.62. The zero-order chi connectivity index (χ0) is 16.9. The van der Waals surface area contributed by atoms with Crippen LogP contribution in [0.1, 0.15) is 15.9 Å². The number of carbonyl (C=O) groups is 1. The van der Waals surface area contributed by atoms with Crippen molar-refractivity contribution in [1.29, 1.82) is 0 Å². The van der Waals surface area contributed by atoms with Gasteiger partial charge in [-0.3, -0.25) is 9.89 Å². The van der Waals surface area contributed by atoms with Crippen LogP contribution in [-0.4, -0.2) is 22.6 Å². The maximum atomic E-state index is 12.4. The number of nitrogens with zero attached hydrogens (tertiary/aromatic N) is 1. The molecule has 1 aromatic heterocycles. The number of rotatable bonds is 5. The summed E-state index contributed by atoms with van der Waals surface area (Å²) in [5.74, 6) is -0.146. The number of aromatic amines is 1. The van der Waals surface area contributed by atoms with E-state index >= 15 is 0 Å². The second kappa shape index (κ2) is 7.64. The summed E-state index contributed by atoms with van der Waals surface area (Å²) in [7, 11) is 0. The minimum atomic E-state index is -0.146. The molecule has 6 heteroatoms. The number of aromatic nitrogens is 2. The first kappa shape index (κ1) is 16.7. The third-order valence-electron chi connectivity index (χ3n) is 3.61. The molecule has 0 saturated carbocycles. The van der Waals surface area contributed by atoms with E-state index in [4.69, 9.17) is 11.6 Å². The average molecular weight is 405 g/mol. The zero-order valence-electron chi connectivity index (χ0n) is 12.7. The Morgan fingerprint density at radius 3 is 2.75 bits per heavy atom. The Kier molecular flexibility index (Phi) is 5.33. The lowest BCUT2D eigenvalue weighted by molar-refractivity contribution is 0.0955. The quantitative estimate of drug-likeness (QED) is 0.659. The maximum Gasteiger partial charge on any atom is 0.255 e. The van der Waals surface area contributed by atoms with Crippen molar-refractivity contribution in [3.63, 3.8) is 0 Å². The molecule has 1 amide bonds. The van der Waals surface area contributed by atoms with Gasteiger partial charge in [0.1, 0.15) is 0 Å². The molecule has 3 rings (SSSR count). The average Bonchev–Trinajstić information content (AvgIpc) is 3.06. The molecule has 2 N–H and O–H groups in total. The van der Waals surface area contributed by atoms with Crippen molar-refractivity contribution in [2.75, 3.05) is 6.54 Å². The number of amides is 1. The summed E-state index contributed by atoms with van der Waals surface area (Å²) in [6.45, 7) is 0.545. The molecule has 0 aliphatic carbocycles. The molecular weight excluding hydrogens is 390 g/mol. The van der Waals surface area contributed by atoms with Crippen LogP contribution in [0.2, 0.25) is 5.02 Å². The Balaban J connectivity index is 1.66. The molecule has 4 nitrogen and oxygen atoms in total. The van der Waals surface area contributed by atoms with Gasteiger partial charge in [-0.15, -0.1) is 0 Å². The van der Waals surface area contributed by atoms with Crippen molar-refractivity contribution in [2.24, 2.45) is 0 Å². The number of carbonyl (C=O) groups excluding carboxylic acids is 1. The monoisotopic (exact) mass is 403 g/mol. The van der Waals surface area contributed by atoms with E-state index in [0.717, 1.165) is 22.0 Å². The van der Waals surface area contributed by atoms with E-state index in [9.17, 15) is 4.79 Å². The van der Waals surface area contributed by atoms with Crippen molar-refractivity contribution in [1.82, 2.24) is 15.5 Å². The fourth-order valence-electron chi connectivity index (χ4n) is 2.39. The van der Waals surface area contributed by atoms with Crippen LogP contribution in [0, 0.1) is 0 Å². The van der Waals surface area contributed by atoms with Gasteiger partial charge in [0.05, 0.1) is 17.5 Å². The lowest BCUT2D eigenvalue weighted by atomic mass is 10.1. The van der Waals surface area contributed by atoms with Crippen molar-refractivity contribution in [3.8, 4) is 11.3 Å². The maximum absolute atomic E-state index is 12.4. The van der Waals surface area contributed by atoms with Gasteiger partial charge in [0.2, 0.25) is 0 Å². The summed E-state index contributed by atoms with van der Waals surface area (Å²) in [6, 6.07) is 15.3. The van der Waals surface area contributed by atoms with Crippen molar-refractivity contribution in [3.05, 3.63) is 75.4 Å². The fraction of sp³-hybridized carbons (Fsp3) is 0.111. The molecule has 0 aliphatic rings. The topological polar surface area (TPSA) is 57.8 Å². The summed E-state index contributed by atoms with van der Waals surface area (Å²) in [6.07, 6.45) is 2.29. The highest BCUT2D eigenvalue weighted by Gasteiger charge is 2.15. The second-order valence-corrected chi connectivity index (χ2v) is 6.65. The summed E-state index contributed by atoms with van der Waals surface area (Å²) in [5, 5.41) is 10.5. The standard InChI is InChI=1S/C18H15BrClN3O/c19-14-3-1-2-13(10-14)17-16(11-22-23-17)18(24)21-9-8-12-4-6-15(20)7-5-12/h1-7,10-11H,8-9H2,(H,21,24)(H,22,23). The Hall–Kier alpha value is -2.11. The third kappa shape index (κ3) is 4.04. The van der Waals surface area contributed by atoms with Gasteiger partial charge in [0.15, 0.2) is 0 Å². The highest BCUT2D eigenvalue weighted by molar-refractivity contribution is 9.10. The fourth-order valence-corrected chi connectivity index (χ4v) is 2.91. The summed E-state index contributed by atoms with van der Waals surface area (Å²) >= 11 is 9.30. The van der Waals surface area contributed by atoms with Gasteiger partial charge in [-0.25, -0.2) is 0 Å². The van der Waals surface area contributed by atoms with Gasteiger partial charge in [0.25, 0.3) is 5.91 Å². The van der Waals surface area contributed by atoms with E-state index in [1.165, 1.54) is 0 Å². The van der Waals surface area contributed by atoms with Crippen LogP contribution in [0.15, 0.2) is 59.2 Å². The summed E-state index contributed by atoms with van der Waals surface area (Å²) in [5.41, 5.74) is 3.27. The molecule has 0 saturated heterocycles. The SMILES string of the molecule is O=C(NCCc1ccc(Cl)cc1)c1cn[nH]c1-c1cccc(Br)c1. The second-order valence-electron chi connectivity index (χ2n) is 5.30. The number of halogens is 2. The number of nitrogens with one attached hydrogen (secondary N) is 2. The molecule has 0 unspecified atom stereocenters. The van der Waals surface area contributed by atoms with Crippen molar-refractivity contribution >= 4 is 33.4 Å². The van der Waals surface area contributed by atoms with Crippen molar-refractivity contribution < 1.29 is 4.79 Å². The van der Waals surface area contributed by atoms with Crippen LogP contribution in [0.3, 0.4) is 0 Å². The van der Waals surface area contributed by atoms with Crippen molar-refractivity contribution in [2.45, 2.75) is 6.42 Å². The number of benzene rings is 2. The van der Waals surface area contributed by atoms with E-state index in [-0.39, 0.29) is 5.91 Å². The normalized spacial score (nSPS) is 10.6. The molecule has 2 aromatic carbocycles. The minimum Gasteiger partial charge on any atom is -0.352 e. The van der Waals surface area contributed by atoms with E-state index in [0.29, 0.717) is 22.8 Å². The predicted octanol–water partition coefficient (Wildman–Crippen LogP) is 4.47. The first-order valence-electron chi connectivity index (χ1n) is 7.45. The van der Waals surface area contributed by atoms with Crippen LogP contribution >= 0.6 is 27.5 Å². The van der Waals surface area contributed by atoms with Gasteiger partial charge in [0, 0.05) is 21.6 Å². The van der Waals surface area contributed by atoms with E-state index in [1.54, 1.807) is 6.20 Å². The molecule has 1 heterocycles. The summed E-state index contributed by atoms with van der Waals surface area (Å²) < 4.78 is 0.948. The van der Waals surface area contributed by atoms with E-state index in [2.05, 4.69) is 31.4 Å². The molecule has 0 radical (unpaired) electrons. The van der Waals surface area contributed by atoms with Crippen LogP contribution in [0.4, 0.5) is 0 Å². The molecule has 0 atom stereocenters. The Morgan fingerprint density at radius 1 is 1.21 bits per heavy atom. The van der Waals surface area contributed by atoms with Gasteiger partial charge >= 0.3 is 0 Å². The molecule has 0 aliphatic heterocycles. The summed E-state index contributed by atoms with van der Waals surface area (Å²) in [4.78, 5) is 12.4. The Bertz CT molecular complexity index is 845. The number of hydrogen-bond donors (Lipinski definition) is 2. The smallest absolute Gasteiger partial charge is 0.255 e. The van der Waals surface area contributed by atoms with E-state index in [1.807, 2.05) is 48.5 Å². The van der Waals surface area contributed by atoms with Crippen LogP contribution < -0.4 is 5.32 Å². The Morgan fingerprint density at radius 2 is 2.00 bits per heavy atom. The van der Waals surface area contributed by atoms with Crippen LogP contribution in [-0.2, 0) is 6.42 Å². The number of H-pyrrole nitrogens is 1. The predicted molar refractivity (Wildman–Crippen MR) is 99.2 cm³/mol. The molecule has 122 valence electrons. The largest absolute Gasteiger partial charge is 0.352 e. The molecule has 3 aromatic rings. The van der Waals surface area contributed by atoms with Crippen LogP contribution in [0.25, 0.3) is 11.3 Å². The number of hydrogen-bond acceptors (Lipinski definition) is 2. The molecule has 0 bridgehead atoms. The highest BCUT2D eigenvalue weighted by atomic mass is 79.9. The van der Waals surface area contributed by atoms with Gasteiger partial charge < -0.3 is 5.32 Å². The third-order valence-corrected chi connectivity index (χ3v) is 4.35. The lowest BCUT2D eigenvalue weighted by Crippen LogP contribution is -2.25. The first-order chi connectivity index (χ1) is 11.6.